The number of nitrogens with two attached hydrogens (primary N) is 1. The van der Waals surface area contributed by atoms with E-state index in [1.54, 1.807) is 0 Å². The van der Waals surface area contributed by atoms with Gasteiger partial charge >= 0.3 is 0 Å². The van der Waals surface area contributed by atoms with Gasteiger partial charge in [0.1, 0.15) is 0 Å². The molecule has 1 heterocycles. The number of hydrogen-bond acceptors (Lipinski definition) is 3. The smallest absolute Gasteiger partial charge is 0.231 e. The second-order valence-electron chi connectivity index (χ2n) is 5.86. The van der Waals surface area contributed by atoms with Crippen LogP contribution < -0.4 is 16.0 Å². The summed E-state index contributed by atoms with van der Waals surface area (Å²) in [4.78, 5) is 15.0. The number of nitrogens with one attached hydrogen (secondary N) is 1. The summed E-state index contributed by atoms with van der Waals surface area (Å²) < 4.78 is 0. The lowest BCUT2D eigenvalue weighted by Gasteiger charge is -2.30. The predicted octanol–water partition coefficient (Wildman–Crippen LogP) is 2.99. The molecule has 0 aliphatic carbocycles. The van der Waals surface area contributed by atoms with E-state index < -0.39 is 5.41 Å². The Hall–Kier alpha value is -1.55. The van der Waals surface area contributed by atoms with Gasteiger partial charge in [0.05, 0.1) is 16.8 Å². The van der Waals surface area contributed by atoms with Crippen LogP contribution in [0.25, 0.3) is 0 Å². The minimum absolute atomic E-state index is 0.0432. The lowest BCUT2D eigenvalue weighted by molar-refractivity contribution is -0.125. The third kappa shape index (κ3) is 3.21. The maximum atomic E-state index is 12.7. The van der Waals surface area contributed by atoms with E-state index in [1.165, 1.54) is 12.8 Å². The summed E-state index contributed by atoms with van der Waals surface area (Å²) in [5.41, 5.74) is 7.45. The summed E-state index contributed by atoms with van der Waals surface area (Å²) in [6.45, 7) is 6.58. The van der Waals surface area contributed by atoms with Crippen molar-refractivity contribution in [2.45, 2.75) is 39.5 Å². The van der Waals surface area contributed by atoms with Crippen LogP contribution in [-0.4, -0.2) is 25.5 Å². The molecule has 0 aromatic heterocycles. The van der Waals surface area contributed by atoms with Gasteiger partial charge in [-0.15, -0.1) is 0 Å². The lowest BCUT2D eigenvalue weighted by Crippen LogP contribution is -2.41. The van der Waals surface area contributed by atoms with Crippen LogP contribution in [0.1, 0.15) is 39.5 Å². The molecular formula is C17H27N3O. The zero-order valence-electron chi connectivity index (χ0n) is 13.2. The molecule has 1 saturated heterocycles. The van der Waals surface area contributed by atoms with E-state index in [4.69, 9.17) is 5.73 Å². The van der Waals surface area contributed by atoms with E-state index in [9.17, 15) is 4.79 Å². The summed E-state index contributed by atoms with van der Waals surface area (Å²) in [5.74, 6) is 0.0432. The van der Waals surface area contributed by atoms with Gasteiger partial charge in [0, 0.05) is 19.6 Å². The van der Waals surface area contributed by atoms with Gasteiger partial charge in [-0.05, 0) is 37.8 Å². The number of carbonyl (C=O) groups is 1. The van der Waals surface area contributed by atoms with Crippen LogP contribution in [0.15, 0.2) is 24.3 Å². The second kappa shape index (κ2) is 6.94. The number of para-hydroxylation sites is 2. The SMILES string of the molecule is CCC(CC)(CN)C(=O)Nc1ccccc1N1CCCC1. The van der Waals surface area contributed by atoms with Crippen molar-refractivity contribution in [3.8, 4) is 0 Å². The Balaban J connectivity index is 2.21. The van der Waals surface area contributed by atoms with Crippen molar-refractivity contribution >= 4 is 17.3 Å². The van der Waals surface area contributed by atoms with Gasteiger partial charge in [-0.2, -0.15) is 0 Å². The molecule has 1 amide bonds. The van der Waals surface area contributed by atoms with Crippen molar-refractivity contribution in [1.82, 2.24) is 0 Å². The Kier molecular flexibility index (Phi) is 5.23. The Morgan fingerprint density at radius 3 is 2.43 bits per heavy atom. The van der Waals surface area contributed by atoms with E-state index in [0.717, 1.165) is 37.3 Å². The maximum absolute atomic E-state index is 12.7. The third-order valence-corrected chi connectivity index (χ3v) is 4.82. The summed E-state index contributed by atoms with van der Waals surface area (Å²) in [5, 5.41) is 3.12. The van der Waals surface area contributed by atoms with Crippen LogP contribution in [0, 0.1) is 5.41 Å². The molecule has 1 fully saturated rings. The van der Waals surface area contributed by atoms with Crippen molar-refractivity contribution in [3.05, 3.63) is 24.3 Å². The average Bonchev–Trinajstić information content (AvgIpc) is 3.04. The van der Waals surface area contributed by atoms with Gasteiger partial charge in [-0.1, -0.05) is 26.0 Å². The fourth-order valence-electron chi connectivity index (χ4n) is 3.02. The highest BCUT2D eigenvalue weighted by Crippen LogP contribution is 2.32. The van der Waals surface area contributed by atoms with E-state index >= 15 is 0 Å². The molecule has 3 N–H and O–H groups in total. The number of hydrogen-bond donors (Lipinski definition) is 2. The van der Waals surface area contributed by atoms with Crippen LogP contribution in [0.5, 0.6) is 0 Å². The number of nitrogens with zero attached hydrogens (tertiary/aromatic N) is 1. The van der Waals surface area contributed by atoms with E-state index in [-0.39, 0.29) is 5.91 Å². The van der Waals surface area contributed by atoms with Crippen molar-refractivity contribution in [2.24, 2.45) is 11.1 Å². The van der Waals surface area contributed by atoms with Crippen LogP contribution in [0.3, 0.4) is 0 Å². The highest BCUT2D eigenvalue weighted by Gasteiger charge is 2.33. The molecular weight excluding hydrogens is 262 g/mol. The molecule has 0 saturated carbocycles. The second-order valence-corrected chi connectivity index (χ2v) is 5.86. The molecule has 0 radical (unpaired) electrons. The molecule has 0 atom stereocenters. The zero-order valence-corrected chi connectivity index (χ0v) is 13.2. The van der Waals surface area contributed by atoms with Crippen LogP contribution in [-0.2, 0) is 4.79 Å². The first-order valence-electron chi connectivity index (χ1n) is 8.02. The zero-order chi connectivity index (χ0) is 15.3. The number of benzene rings is 1. The van der Waals surface area contributed by atoms with Gasteiger partial charge in [-0.25, -0.2) is 0 Å². The fourth-order valence-corrected chi connectivity index (χ4v) is 3.02. The van der Waals surface area contributed by atoms with Crippen molar-refractivity contribution in [3.63, 3.8) is 0 Å². The lowest BCUT2D eigenvalue weighted by atomic mass is 9.81. The number of amides is 1. The Bertz CT molecular complexity index is 468. The third-order valence-electron chi connectivity index (χ3n) is 4.82. The molecule has 1 aromatic carbocycles. The fraction of sp³-hybridized carbons (Fsp3) is 0.588. The van der Waals surface area contributed by atoms with E-state index in [1.807, 2.05) is 32.0 Å². The van der Waals surface area contributed by atoms with E-state index in [0.29, 0.717) is 6.54 Å². The van der Waals surface area contributed by atoms with Gasteiger partial charge in [-0.3, -0.25) is 4.79 Å². The van der Waals surface area contributed by atoms with Crippen molar-refractivity contribution in [2.75, 3.05) is 29.9 Å². The molecule has 0 unspecified atom stereocenters. The summed E-state index contributed by atoms with van der Waals surface area (Å²) >= 11 is 0. The molecule has 1 aliphatic rings. The molecule has 0 bridgehead atoms. The van der Waals surface area contributed by atoms with Crippen LogP contribution in [0.2, 0.25) is 0 Å². The van der Waals surface area contributed by atoms with Crippen LogP contribution in [0.4, 0.5) is 11.4 Å². The summed E-state index contributed by atoms with van der Waals surface area (Å²) in [7, 11) is 0. The highest BCUT2D eigenvalue weighted by molar-refractivity contribution is 5.98. The Morgan fingerprint density at radius 2 is 1.86 bits per heavy atom. The molecule has 4 heteroatoms. The van der Waals surface area contributed by atoms with Crippen LogP contribution >= 0.6 is 0 Å². The Labute approximate surface area is 127 Å². The van der Waals surface area contributed by atoms with E-state index in [2.05, 4.69) is 16.3 Å². The maximum Gasteiger partial charge on any atom is 0.231 e. The number of carbonyl (C=O) groups excluding carboxylic acids is 1. The molecule has 1 aliphatic heterocycles. The first-order chi connectivity index (χ1) is 10.2. The number of rotatable bonds is 6. The standard InChI is InChI=1S/C17H27N3O/c1-3-17(4-2,13-18)16(21)19-14-9-5-6-10-15(14)20-11-7-8-12-20/h5-6,9-10H,3-4,7-8,11-13,18H2,1-2H3,(H,19,21). The van der Waals surface area contributed by atoms with Gasteiger partial charge in [0.15, 0.2) is 0 Å². The van der Waals surface area contributed by atoms with Crippen molar-refractivity contribution in [1.29, 1.82) is 0 Å². The molecule has 1 aromatic rings. The minimum Gasteiger partial charge on any atom is -0.370 e. The largest absolute Gasteiger partial charge is 0.370 e. The Morgan fingerprint density at radius 1 is 1.24 bits per heavy atom. The monoisotopic (exact) mass is 289 g/mol. The number of anilines is 2. The topological polar surface area (TPSA) is 58.4 Å². The quantitative estimate of drug-likeness (QED) is 0.846. The molecule has 2 rings (SSSR count). The first-order valence-corrected chi connectivity index (χ1v) is 8.02. The first kappa shape index (κ1) is 15.8. The highest BCUT2D eigenvalue weighted by atomic mass is 16.2. The minimum atomic E-state index is -0.460. The normalized spacial score (nSPS) is 15.3. The molecule has 116 valence electrons. The van der Waals surface area contributed by atoms with Gasteiger partial charge in [0.25, 0.3) is 0 Å². The summed E-state index contributed by atoms with van der Waals surface area (Å²) in [6, 6.07) is 8.07. The average molecular weight is 289 g/mol. The molecule has 4 nitrogen and oxygen atoms in total. The van der Waals surface area contributed by atoms with Crippen molar-refractivity contribution < 1.29 is 4.79 Å². The summed E-state index contributed by atoms with van der Waals surface area (Å²) in [6.07, 6.45) is 3.97. The molecule has 0 spiro atoms. The van der Waals surface area contributed by atoms with Gasteiger partial charge < -0.3 is 16.0 Å². The molecule has 21 heavy (non-hydrogen) atoms. The predicted molar refractivity (Wildman–Crippen MR) is 88.6 cm³/mol. The van der Waals surface area contributed by atoms with Gasteiger partial charge in [0.2, 0.25) is 5.91 Å².